The van der Waals surface area contributed by atoms with Crippen molar-refractivity contribution in [3.63, 3.8) is 0 Å². The third-order valence-electron chi connectivity index (χ3n) is 2.95. The minimum absolute atomic E-state index is 0.107. The van der Waals surface area contributed by atoms with Crippen LogP contribution in [0.4, 0.5) is 10.5 Å². The SMILES string of the molecule is CC(C)NC(=O)N(C)c1ccc(OCc2ccc(Cl)s2)cc1. The Hall–Kier alpha value is -1.72. The van der Waals surface area contributed by atoms with E-state index in [9.17, 15) is 4.79 Å². The number of thiophene rings is 1. The standard InChI is InChI=1S/C16H19ClN2O2S/c1-11(2)18-16(20)19(3)12-4-6-13(7-5-12)21-10-14-8-9-15(17)22-14/h4-9,11H,10H2,1-3H3,(H,18,20). The summed E-state index contributed by atoms with van der Waals surface area (Å²) in [6, 6.07) is 11.2. The smallest absolute Gasteiger partial charge is 0.321 e. The lowest BCUT2D eigenvalue weighted by atomic mass is 10.3. The summed E-state index contributed by atoms with van der Waals surface area (Å²) in [7, 11) is 1.74. The Kier molecular flexibility index (Phi) is 5.69. The van der Waals surface area contributed by atoms with Crippen molar-refractivity contribution >= 4 is 34.7 Å². The monoisotopic (exact) mass is 338 g/mol. The van der Waals surface area contributed by atoms with Crippen molar-refractivity contribution in [2.75, 3.05) is 11.9 Å². The van der Waals surface area contributed by atoms with E-state index >= 15 is 0 Å². The molecule has 22 heavy (non-hydrogen) atoms. The largest absolute Gasteiger partial charge is 0.488 e. The molecule has 1 heterocycles. The van der Waals surface area contributed by atoms with Gasteiger partial charge in [-0.1, -0.05) is 11.6 Å². The molecule has 0 atom stereocenters. The molecule has 1 N–H and O–H groups in total. The van der Waals surface area contributed by atoms with Crippen LogP contribution in [-0.4, -0.2) is 19.1 Å². The van der Waals surface area contributed by atoms with Gasteiger partial charge < -0.3 is 10.1 Å². The zero-order valence-corrected chi connectivity index (χ0v) is 14.4. The first-order valence-corrected chi connectivity index (χ1v) is 8.16. The third-order valence-corrected chi connectivity index (χ3v) is 4.16. The van der Waals surface area contributed by atoms with Crippen molar-refractivity contribution in [1.82, 2.24) is 5.32 Å². The number of amides is 2. The topological polar surface area (TPSA) is 41.6 Å². The number of urea groups is 1. The van der Waals surface area contributed by atoms with Crippen LogP contribution in [-0.2, 0) is 6.61 Å². The van der Waals surface area contributed by atoms with E-state index in [1.165, 1.54) is 11.3 Å². The van der Waals surface area contributed by atoms with Crippen LogP contribution in [0, 0.1) is 0 Å². The Labute approximate surface area is 139 Å². The number of halogens is 1. The predicted octanol–water partition coefficient (Wildman–Crippen LogP) is 4.53. The highest BCUT2D eigenvalue weighted by Crippen LogP contribution is 2.24. The molecular formula is C16H19ClN2O2S. The van der Waals surface area contributed by atoms with Gasteiger partial charge in [0, 0.05) is 23.7 Å². The van der Waals surface area contributed by atoms with Gasteiger partial charge in [-0.3, -0.25) is 4.90 Å². The third kappa shape index (κ3) is 4.64. The second-order valence-corrected chi connectivity index (χ2v) is 6.95. The summed E-state index contributed by atoms with van der Waals surface area (Å²) in [6.07, 6.45) is 0. The van der Waals surface area contributed by atoms with Gasteiger partial charge in [0.25, 0.3) is 0 Å². The molecule has 1 aromatic carbocycles. The number of anilines is 1. The van der Waals surface area contributed by atoms with Gasteiger partial charge in [0.05, 0.1) is 4.34 Å². The Bertz CT molecular complexity index is 625. The normalized spacial score (nSPS) is 10.6. The van der Waals surface area contributed by atoms with Gasteiger partial charge in [0.15, 0.2) is 0 Å². The Morgan fingerprint density at radius 1 is 1.27 bits per heavy atom. The Balaban J connectivity index is 1.93. The Morgan fingerprint density at radius 2 is 1.95 bits per heavy atom. The van der Waals surface area contributed by atoms with Crippen LogP contribution in [0.25, 0.3) is 0 Å². The lowest BCUT2D eigenvalue weighted by molar-refractivity contribution is 0.245. The van der Waals surface area contributed by atoms with Crippen LogP contribution in [0.3, 0.4) is 0 Å². The highest BCUT2D eigenvalue weighted by Gasteiger charge is 2.11. The molecule has 0 saturated heterocycles. The fourth-order valence-corrected chi connectivity index (χ4v) is 2.81. The molecule has 0 bridgehead atoms. The summed E-state index contributed by atoms with van der Waals surface area (Å²) in [5.41, 5.74) is 0.810. The van der Waals surface area contributed by atoms with E-state index < -0.39 is 0 Å². The van der Waals surface area contributed by atoms with Gasteiger partial charge in [-0.2, -0.15) is 0 Å². The van der Waals surface area contributed by atoms with Crippen molar-refractivity contribution in [1.29, 1.82) is 0 Å². The number of rotatable bonds is 5. The van der Waals surface area contributed by atoms with E-state index in [0.717, 1.165) is 20.7 Å². The fourth-order valence-electron chi connectivity index (χ4n) is 1.81. The van der Waals surface area contributed by atoms with Gasteiger partial charge in [-0.05, 0) is 50.2 Å². The molecule has 0 saturated carbocycles. The zero-order chi connectivity index (χ0) is 16.1. The second kappa shape index (κ2) is 7.51. The second-order valence-electron chi connectivity index (χ2n) is 5.15. The molecule has 6 heteroatoms. The van der Waals surface area contributed by atoms with Gasteiger partial charge in [0.2, 0.25) is 0 Å². The highest BCUT2D eigenvalue weighted by atomic mass is 35.5. The number of nitrogens with one attached hydrogen (secondary N) is 1. The van der Waals surface area contributed by atoms with Crippen LogP contribution in [0.5, 0.6) is 5.75 Å². The van der Waals surface area contributed by atoms with E-state index in [2.05, 4.69) is 5.32 Å². The molecule has 0 aliphatic heterocycles. The highest BCUT2D eigenvalue weighted by molar-refractivity contribution is 7.16. The molecule has 0 fully saturated rings. The minimum atomic E-state index is -0.128. The molecule has 2 amide bonds. The maximum Gasteiger partial charge on any atom is 0.321 e. The maximum atomic E-state index is 11.9. The van der Waals surface area contributed by atoms with Crippen molar-refractivity contribution in [2.24, 2.45) is 0 Å². The molecular weight excluding hydrogens is 320 g/mol. The molecule has 0 spiro atoms. The summed E-state index contributed by atoms with van der Waals surface area (Å²) >= 11 is 7.39. The van der Waals surface area contributed by atoms with Crippen LogP contribution < -0.4 is 15.0 Å². The van der Waals surface area contributed by atoms with E-state index in [-0.39, 0.29) is 12.1 Å². The first-order chi connectivity index (χ1) is 10.5. The average molecular weight is 339 g/mol. The molecule has 0 radical (unpaired) electrons. The van der Waals surface area contributed by atoms with E-state index in [4.69, 9.17) is 16.3 Å². The molecule has 118 valence electrons. The lowest BCUT2D eigenvalue weighted by Gasteiger charge is -2.20. The van der Waals surface area contributed by atoms with Crippen LogP contribution in [0.1, 0.15) is 18.7 Å². The summed E-state index contributed by atoms with van der Waals surface area (Å²) in [4.78, 5) is 14.6. The lowest BCUT2D eigenvalue weighted by Crippen LogP contribution is -2.40. The summed E-state index contributed by atoms with van der Waals surface area (Å²) in [5, 5.41) is 2.85. The molecule has 2 rings (SSSR count). The number of nitrogens with zero attached hydrogens (tertiary/aromatic N) is 1. The van der Waals surface area contributed by atoms with Crippen LogP contribution in [0.2, 0.25) is 4.34 Å². The zero-order valence-electron chi connectivity index (χ0n) is 12.8. The van der Waals surface area contributed by atoms with E-state index in [1.807, 2.05) is 50.2 Å². The Morgan fingerprint density at radius 3 is 2.50 bits per heavy atom. The van der Waals surface area contributed by atoms with Gasteiger partial charge in [-0.15, -0.1) is 11.3 Å². The summed E-state index contributed by atoms with van der Waals surface area (Å²) in [6.45, 7) is 4.35. The molecule has 1 aromatic heterocycles. The number of benzene rings is 1. The molecule has 0 aliphatic rings. The predicted molar refractivity (Wildman–Crippen MR) is 92.2 cm³/mol. The van der Waals surface area contributed by atoms with Crippen molar-refractivity contribution in [3.8, 4) is 5.75 Å². The number of carbonyl (C=O) groups is 1. The number of hydrogen-bond acceptors (Lipinski definition) is 3. The number of ether oxygens (including phenoxy) is 1. The molecule has 0 unspecified atom stereocenters. The number of carbonyl (C=O) groups excluding carboxylic acids is 1. The average Bonchev–Trinajstić information content (AvgIpc) is 2.90. The number of hydrogen-bond donors (Lipinski definition) is 1. The quantitative estimate of drug-likeness (QED) is 0.869. The summed E-state index contributed by atoms with van der Waals surface area (Å²) in [5.74, 6) is 0.756. The van der Waals surface area contributed by atoms with E-state index in [0.29, 0.717) is 6.61 Å². The van der Waals surface area contributed by atoms with Crippen molar-refractivity contribution < 1.29 is 9.53 Å². The molecule has 0 aliphatic carbocycles. The first-order valence-electron chi connectivity index (χ1n) is 6.97. The van der Waals surface area contributed by atoms with Gasteiger partial charge in [0.1, 0.15) is 12.4 Å². The van der Waals surface area contributed by atoms with Gasteiger partial charge >= 0.3 is 6.03 Å². The summed E-state index contributed by atoms with van der Waals surface area (Å²) < 4.78 is 6.45. The van der Waals surface area contributed by atoms with Crippen LogP contribution in [0.15, 0.2) is 36.4 Å². The van der Waals surface area contributed by atoms with Crippen molar-refractivity contribution in [3.05, 3.63) is 45.6 Å². The first kappa shape index (κ1) is 16.6. The van der Waals surface area contributed by atoms with E-state index in [1.54, 1.807) is 11.9 Å². The van der Waals surface area contributed by atoms with Crippen molar-refractivity contribution in [2.45, 2.75) is 26.5 Å². The van der Waals surface area contributed by atoms with Gasteiger partial charge in [-0.25, -0.2) is 4.79 Å². The maximum absolute atomic E-state index is 11.9. The molecule has 2 aromatic rings. The minimum Gasteiger partial charge on any atom is -0.488 e. The fraction of sp³-hybridized carbons (Fsp3) is 0.312. The van der Waals surface area contributed by atoms with Crippen LogP contribution >= 0.6 is 22.9 Å². The molecule has 4 nitrogen and oxygen atoms in total.